The molecule has 1 fully saturated rings. The van der Waals surface area contributed by atoms with Gasteiger partial charge in [0.05, 0.1) is 5.92 Å². The topological polar surface area (TPSA) is 40.6 Å². The fraction of sp³-hybridized carbons (Fsp3) is 0.364. The number of nitrogens with zero attached hydrogens (tertiary/aromatic N) is 2. The number of likely N-dealkylation sites (tertiary alicyclic amines) is 1. The number of hydrogen-bond donors (Lipinski definition) is 0. The lowest BCUT2D eigenvalue weighted by atomic mass is 10.1. The van der Waals surface area contributed by atoms with Gasteiger partial charge >= 0.3 is 0 Å². The maximum absolute atomic E-state index is 13.0. The average molecular weight is 368 g/mol. The number of carbonyl (C=O) groups excluding carboxylic acids is 2. The number of halogens is 1. The highest BCUT2D eigenvalue weighted by Crippen LogP contribution is 2.21. The molecule has 1 aliphatic rings. The Labute approximate surface area is 159 Å². The van der Waals surface area contributed by atoms with E-state index in [0.717, 1.165) is 11.1 Å². The standard InChI is InChI=1S/C22H25FN2O2/c1-2-24(15-18-6-4-3-5-7-18)22(27)19-14-21(26)25(16-19)13-12-17-8-10-20(23)11-9-17/h3-11,19H,2,12-16H2,1H3. The minimum absolute atomic E-state index is 0.0197. The molecule has 0 aromatic heterocycles. The lowest BCUT2D eigenvalue weighted by Crippen LogP contribution is -2.37. The van der Waals surface area contributed by atoms with Crippen molar-refractivity contribution in [2.75, 3.05) is 19.6 Å². The first-order valence-electron chi connectivity index (χ1n) is 9.41. The van der Waals surface area contributed by atoms with Gasteiger partial charge in [0.2, 0.25) is 11.8 Å². The van der Waals surface area contributed by atoms with Crippen LogP contribution in [0.5, 0.6) is 0 Å². The summed E-state index contributed by atoms with van der Waals surface area (Å²) in [5.41, 5.74) is 2.07. The summed E-state index contributed by atoms with van der Waals surface area (Å²) in [5, 5.41) is 0. The van der Waals surface area contributed by atoms with Crippen LogP contribution in [0.15, 0.2) is 54.6 Å². The van der Waals surface area contributed by atoms with E-state index in [4.69, 9.17) is 0 Å². The van der Waals surface area contributed by atoms with Crippen molar-refractivity contribution >= 4 is 11.8 Å². The predicted octanol–water partition coefficient (Wildman–Crippen LogP) is 3.27. The molecule has 4 nitrogen and oxygen atoms in total. The molecule has 0 N–H and O–H groups in total. The third kappa shape index (κ3) is 4.94. The molecule has 0 saturated carbocycles. The molecule has 1 saturated heterocycles. The molecule has 0 spiro atoms. The third-order valence-electron chi connectivity index (χ3n) is 5.06. The zero-order valence-corrected chi connectivity index (χ0v) is 15.6. The van der Waals surface area contributed by atoms with Crippen molar-refractivity contribution in [2.24, 2.45) is 5.92 Å². The normalized spacial score (nSPS) is 16.6. The molecule has 1 atom stereocenters. The second-order valence-corrected chi connectivity index (χ2v) is 6.96. The van der Waals surface area contributed by atoms with Gasteiger partial charge in [0.1, 0.15) is 5.82 Å². The van der Waals surface area contributed by atoms with Gasteiger partial charge in [0.25, 0.3) is 0 Å². The molecule has 1 unspecified atom stereocenters. The van der Waals surface area contributed by atoms with Gasteiger partial charge in [-0.25, -0.2) is 4.39 Å². The van der Waals surface area contributed by atoms with Crippen LogP contribution < -0.4 is 0 Å². The lowest BCUT2D eigenvalue weighted by molar-refractivity contribution is -0.136. The van der Waals surface area contributed by atoms with Gasteiger partial charge in [-0.2, -0.15) is 0 Å². The number of carbonyl (C=O) groups is 2. The van der Waals surface area contributed by atoms with Crippen molar-refractivity contribution in [3.63, 3.8) is 0 Å². The monoisotopic (exact) mass is 368 g/mol. The van der Waals surface area contributed by atoms with Gasteiger partial charge in [-0.1, -0.05) is 42.5 Å². The quantitative estimate of drug-likeness (QED) is 0.753. The molecule has 5 heteroatoms. The highest BCUT2D eigenvalue weighted by Gasteiger charge is 2.35. The van der Waals surface area contributed by atoms with Gasteiger partial charge in [-0.15, -0.1) is 0 Å². The summed E-state index contributed by atoms with van der Waals surface area (Å²) in [4.78, 5) is 28.8. The number of rotatable bonds is 7. The number of benzene rings is 2. The minimum atomic E-state index is -0.283. The molecular formula is C22H25FN2O2. The predicted molar refractivity (Wildman–Crippen MR) is 102 cm³/mol. The largest absolute Gasteiger partial charge is 0.342 e. The molecule has 0 radical (unpaired) electrons. The molecule has 2 aromatic rings. The summed E-state index contributed by atoms with van der Waals surface area (Å²) in [7, 11) is 0. The summed E-state index contributed by atoms with van der Waals surface area (Å²) in [6.07, 6.45) is 0.933. The Morgan fingerprint density at radius 2 is 1.81 bits per heavy atom. The second kappa shape index (κ2) is 8.80. The second-order valence-electron chi connectivity index (χ2n) is 6.96. The van der Waals surface area contributed by atoms with Crippen molar-refractivity contribution in [1.82, 2.24) is 9.80 Å². The number of amides is 2. The SMILES string of the molecule is CCN(Cc1ccccc1)C(=O)C1CC(=O)N(CCc2ccc(F)cc2)C1. The van der Waals surface area contributed by atoms with E-state index in [1.807, 2.05) is 42.2 Å². The Balaban J connectivity index is 1.56. The first-order valence-corrected chi connectivity index (χ1v) is 9.41. The van der Waals surface area contributed by atoms with Gasteiger partial charge in [0.15, 0.2) is 0 Å². The highest BCUT2D eigenvalue weighted by atomic mass is 19.1. The van der Waals surface area contributed by atoms with Crippen LogP contribution in [0.3, 0.4) is 0 Å². The Morgan fingerprint density at radius 3 is 2.48 bits per heavy atom. The molecule has 3 rings (SSSR count). The van der Waals surface area contributed by atoms with E-state index in [1.165, 1.54) is 12.1 Å². The van der Waals surface area contributed by atoms with E-state index < -0.39 is 0 Å². The van der Waals surface area contributed by atoms with Crippen molar-refractivity contribution < 1.29 is 14.0 Å². The van der Waals surface area contributed by atoms with E-state index in [0.29, 0.717) is 32.6 Å². The van der Waals surface area contributed by atoms with Gasteiger partial charge < -0.3 is 9.80 Å². The van der Waals surface area contributed by atoms with E-state index >= 15 is 0 Å². The number of hydrogen-bond acceptors (Lipinski definition) is 2. The first kappa shape index (κ1) is 19.1. The molecule has 27 heavy (non-hydrogen) atoms. The summed E-state index contributed by atoms with van der Waals surface area (Å²) in [6.45, 7) is 4.16. The van der Waals surface area contributed by atoms with E-state index in [-0.39, 0.29) is 30.0 Å². The van der Waals surface area contributed by atoms with Crippen LogP contribution in [-0.4, -0.2) is 41.2 Å². The van der Waals surface area contributed by atoms with Crippen LogP contribution in [0.1, 0.15) is 24.5 Å². The molecular weight excluding hydrogens is 343 g/mol. The summed E-state index contributed by atoms with van der Waals surface area (Å²) >= 11 is 0. The third-order valence-corrected chi connectivity index (χ3v) is 5.06. The van der Waals surface area contributed by atoms with Gasteiger partial charge in [-0.3, -0.25) is 9.59 Å². The maximum Gasteiger partial charge on any atom is 0.228 e. The zero-order valence-electron chi connectivity index (χ0n) is 15.6. The molecule has 1 aliphatic heterocycles. The minimum Gasteiger partial charge on any atom is -0.342 e. The van der Waals surface area contributed by atoms with Crippen molar-refractivity contribution in [2.45, 2.75) is 26.3 Å². The smallest absolute Gasteiger partial charge is 0.228 e. The molecule has 1 heterocycles. The van der Waals surface area contributed by atoms with E-state index in [2.05, 4.69) is 0 Å². The molecule has 2 amide bonds. The molecule has 142 valence electrons. The van der Waals surface area contributed by atoms with Crippen molar-refractivity contribution in [3.05, 3.63) is 71.5 Å². The van der Waals surface area contributed by atoms with Gasteiger partial charge in [0, 0.05) is 32.6 Å². The van der Waals surface area contributed by atoms with Gasteiger partial charge in [-0.05, 0) is 36.6 Å². The fourth-order valence-corrected chi connectivity index (χ4v) is 3.48. The Hall–Kier alpha value is -2.69. The van der Waals surface area contributed by atoms with Crippen LogP contribution in [0.2, 0.25) is 0 Å². The Bertz CT molecular complexity index is 777. The Kier molecular flexibility index (Phi) is 6.22. The maximum atomic E-state index is 13.0. The van der Waals surface area contributed by atoms with Crippen LogP contribution in [0, 0.1) is 11.7 Å². The van der Waals surface area contributed by atoms with Crippen molar-refractivity contribution in [1.29, 1.82) is 0 Å². The molecule has 2 aromatic carbocycles. The van der Waals surface area contributed by atoms with Crippen LogP contribution in [0.25, 0.3) is 0 Å². The fourth-order valence-electron chi connectivity index (χ4n) is 3.48. The van der Waals surface area contributed by atoms with Crippen LogP contribution >= 0.6 is 0 Å². The average Bonchev–Trinajstić information content (AvgIpc) is 3.06. The summed E-state index contributed by atoms with van der Waals surface area (Å²) in [5.74, 6) is -0.487. The molecule has 0 aliphatic carbocycles. The van der Waals surface area contributed by atoms with E-state index in [9.17, 15) is 14.0 Å². The van der Waals surface area contributed by atoms with Crippen molar-refractivity contribution in [3.8, 4) is 0 Å². The summed E-state index contributed by atoms with van der Waals surface area (Å²) in [6, 6.07) is 16.2. The van der Waals surface area contributed by atoms with Crippen LogP contribution in [0.4, 0.5) is 4.39 Å². The zero-order chi connectivity index (χ0) is 19.2. The summed E-state index contributed by atoms with van der Waals surface area (Å²) < 4.78 is 13.0. The Morgan fingerprint density at radius 1 is 1.11 bits per heavy atom. The lowest BCUT2D eigenvalue weighted by Gasteiger charge is -2.24. The van der Waals surface area contributed by atoms with Crippen LogP contribution in [-0.2, 0) is 22.6 Å². The first-order chi connectivity index (χ1) is 13.1. The molecule has 0 bridgehead atoms. The van der Waals surface area contributed by atoms with E-state index in [1.54, 1.807) is 17.0 Å². The highest BCUT2D eigenvalue weighted by molar-refractivity contribution is 5.89.